The highest BCUT2D eigenvalue weighted by molar-refractivity contribution is 5.94. The number of carbonyl (C=O) groups excluding carboxylic acids is 1. The van der Waals surface area contributed by atoms with Crippen LogP contribution in [0, 0.1) is 11.8 Å². The summed E-state index contributed by atoms with van der Waals surface area (Å²) in [4.78, 5) is 14.0. The van der Waals surface area contributed by atoms with Gasteiger partial charge in [0.15, 0.2) is 0 Å². The monoisotopic (exact) mass is 244 g/mol. The maximum Gasteiger partial charge on any atom is 0.248 e. The Morgan fingerprint density at radius 1 is 1.28 bits per heavy atom. The smallest absolute Gasteiger partial charge is 0.248 e. The van der Waals surface area contributed by atoms with E-state index >= 15 is 0 Å². The lowest BCUT2D eigenvalue weighted by molar-refractivity contribution is 0.0511. The third-order valence-electron chi connectivity index (χ3n) is 4.56. The molecule has 3 aliphatic rings. The minimum Gasteiger partial charge on any atom is -0.366 e. The fourth-order valence-electron chi connectivity index (χ4n) is 3.54. The van der Waals surface area contributed by atoms with E-state index in [1.807, 2.05) is 18.2 Å². The van der Waals surface area contributed by atoms with Crippen molar-refractivity contribution in [1.29, 1.82) is 0 Å². The maximum absolute atomic E-state index is 11.4. The summed E-state index contributed by atoms with van der Waals surface area (Å²) in [5.74, 6) is 1.25. The van der Waals surface area contributed by atoms with E-state index in [0.717, 1.165) is 17.9 Å². The second-order valence-electron chi connectivity index (χ2n) is 5.62. The SMILES string of the molecule is NC(=O)c1ccccc1CC1CN2CCC1CC2. The standard InChI is InChI=1S/C15H20N2O/c16-15(18)14-4-2-1-3-12(14)9-13-10-17-7-5-11(13)6-8-17/h1-4,11,13H,5-10H2,(H2,16,18). The molecule has 1 aromatic rings. The molecule has 1 aromatic carbocycles. The average Bonchev–Trinajstić information content (AvgIpc) is 2.40. The van der Waals surface area contributed by atoms with Gasteiger partial charge in [0.2, 0.25) is 5.91 Å². The number of nitrogens with zero attached hydrogens (tertiary/aromatic N) is 1. The Kier molecular flexibility index (Phi) is 3.08. The summed E-state index contributed by atoms with van der Waals surface area (Å²) in [6.07, 6.45) is 3.65. The molecule has 4 rings (SSSR count). The van der Waals surface area contributed by atoms with Crippen LogP contribution in [0.2, 0.25) is 0 Å². The summed E-state index contributed by atoms with van der Waals surface area (Å²) < 4.78 is 0. The number of fused-ring (bicyclic) bond motifs is 3. The Bertz CT molecular complexity index is 450. The van der Waals surface area contributed by atoms with Gasteiger partial charge in [-0.2, -0.15) is 0 Å². The van der Waals surface area contributed by atoms with E-state index in [0.29, 0.717) is 11.5 Å². The first kappa shape index (κ1) is 11.7. The van der Waals surface area contributed by atoms with E-state index in [1.54, 1.807) is 0 Å². The van der Waals surface area contributed by atoms with Gasteiger partial charge in [0.05, 0.1) is 0 Å². The molecule has 3 fully saturated rings. The molecule has 96 valence electrons. The molecule has 2 N–H and O–H groups in total. The van der Waals surface area contributed by atoms with E-state index in [-0.39, 0.29) is 5.91 Å². The predicted molar refractivity (Wildman–Crippen MR) is 71.3 cm³/mol. The lowest BCUT2D eigenvalue weighted by Crippen LogP contribution is -2.48. The van der Waals surface area contributed by atoms with E-state index in [9.17, 15) is 4.79 Å². The lowest BCUT2D eigenvalue weighted by Gasteiger charge is -2.45. The Morgan fingerprint density at radius 2 is 2.00 bits per heavy atom. The van der Waals surface area contributed by atoms with Crippen molar-refractivity contribution in [3.8, 4) is 0 Å². The van der Waals surface area contributed by atoms with Crippen LogP contribution in [-0.2, 0) is 6.42 Å². The van der Waals surface area contributed by atoms with Gasteiger partial charge in [-0.1, -0.05) is 18.2 Å². The molecule has 0 radical (unpaired) electrons. The van der Waals surface area contributed by atoms with Gasteiger partial charge in [-0.05, 0) is 55.8 Å². The molecule has 3 saturated heterocycles. The van der Waals surface area contributed by atoms with Gasteiger partial charge in [-0.25, -0.2) is 0 Å². The average molecular weight is 244 g/mol. The fourth-order valence-corrected chi connectivity index (χ4v) is 3.54. The van der Waals surface area contributed by atoms with Crippen LogP contribution >= 0.6 is 0 Å². The molecule has 2 bridgehead atoms. The molecular weight excluding hydrogens is 224 g/mol. The summed E-state index contributed by atoms with van der Waals surface area (Å²) in [7, 11) is 0. The van der Waals surface area contributed by atoms with Crippen LogP contribution in [0.4, 0.5) is 0 Å². The molecule has 3 nitrogen and oxygen atoms in total. The molecule has 3 heteroatoms. The van der Waals surface area contributed by atoms with Gasteiger partial charge < -0.3 is 10.6 Å². The lowest BCUT2D eigenvalue weighted by atomic mass is 9.76. The van der Waals surface area contributed by atoms with Crippen LogP contribution < -0.4 is 5.73 Å². The summed E-state index contributed by atoms with van der Waals surface area (Å²) in [5, 5.41) is 0. The first-order valence-corrected chi connectivity index (χ1v) is 6.84. The number of amides is 1. The highest BCUT2D eigenvalue weighted by Crippen LogP contribution is 2.34. The minimum atomic E-state index is -0.299. The van der Waals surface area contributed by atoms with Crippen molar-refractivity contribution < 1.29 is 4.79 Å². The van der Waals surface area contributed by atoms with Crippen molar-refractivity contribution in [3.05, 3.63) is 35.4 Å². The quantitative estimate of drug-likeness (QED) is 0.879. The summed E-state index contributed by atoms with van der Waals surface area (Å²) >= 11 is 0. The predicted octanol–water partition coefficient (Wildman–Crippen LogP) is 1.67. The number of nitrogens with two attached hydrogens (primary N) is 1. The van der Waals surface area contributed by atoms with Crippen molar-refractivity contribution in [2.24, 2.45) is 17.6 Å². The van der Waals surface area contributed by atoms with Gasteiger partial charge in [0, 0.05) is 12.1 Å². The number of hydrogen-bond donors (Lipinski definition) is 1. The van der Waals surface area contributed by atoms with Crippen molar-refractivity contribution >= 4 is 5.91 Å². The second-order valence-corrected chi connectivity index (χ2v) is 5.62. The van der Waals surface area contributed by atoms with E-state index < -0.39 is 0 Å². The number of hydrogen-bond acceptors (Lipinski definition) is 2. The molecule has 0 saturated carbocycles. The van der Waals surface area contributed by atoms with Crippen molar-refractivity contribution in [1.82, 2.24) is 4.90 Å². The zero-order valence-corrected chi connectivity index (χ0v) is 10.6. The molecule has 3 aliphatic heterocycles. The highest BCUT2D eigenvalue weighted by atomic mass is 16.1. The van der Waals surface area contributed by atoms with Crippen LogP contribution in [0.15, 0.2) is 24.3 Å². The summed E-state index contributed by atoms with van der Waals surface area (Å²) in [6.45, 7) is 3.72. The van der Waals surface area contributed by atoms with Crippen LogP contribution in [-0.4, -0.2) is 30.4 Å². The molecule has 1 amide bonds. The largest absolute Gasteiger partial charge is 0.366 e. The third-order valence-corrected chi connectivity index (χ3v) is 4.56. The number of piperidine rings is 3. The van der Waals surface area contributed by atoms with Gasteiger partial charge in [-0.3, -0.25) is 4.79 Å². The van der Waals surface area contributed by atoms with Crippen molar-refractivity contribution in [2.45, 2.75) is 19.3 Å². The molecule has 0 aliphatic carbocycles. The van der Waals surface area contributed by atoms with E-state index in [2.05, 4.69) is 11.0 Å². The van der Waals surface area contributed by atoms with Gasteiger partial charge >= 0.3 is 0 Å². The zero-order valence-electron chi connectivity index (χ0n) is 10.6. The maximum atomic E-state index is 11.4. The number of benzene rings is 1. The fraction of sp³-hybridized carbons (Fsp3) is 0.533. The molecule has 18 heavy (non-hydrogen) atoms. The Morgan fingerprint density at radius 3 is 2.61 bits per heavy atom. The van der Waals surface area contributed by atoms with Crippen LogP contribution in [0.1, 0.15) is 28.8 Å². The van der Waals surface area contributed by atoms with Crippen LogP contribution in [0.25, 0.3) is 0 Å². The molecular formula is C15H20N2O. The molecule has 1 unspecified atom stereocenters. The number of rotatable bonds is 3. The van der Waals surface area contributed by atoms with E-state index in [1.165, 1.54) is 32.5 Å². The number of primary amides is 1. The number of carbonyl (C=O) groups is 1. The Labute approximate surface area is 108 Å². The van der Waals surface area contributed by atoms with Gasteiger partial charge in [0.25, 0.3) is 0 Å². The highest BCUT2D eigenvalue weighted by Gasteiger charge is 2.34. The summed E-state index contributed by atoms with van der Waals surface area (Å²) in [6, 6.07) is 7.79. The van der Waals surface area contributed by atoms with Crippen molar-refractivity contribution in [3.63, 3.8) is 0 Å². The Hall–Kier alpha value is -1.35. The zero-order chi connectivity index (χ0) is 12.5. The van der Waals surface area contributed by atoms with E-state index in [4.69, 9.17) is 5.73 Å². The normalized spacial score (nSPS) is 30.3. The first-order valence-electron chi connectivity index (χ1n) is 6.84. The molecule has 3 heterocycles. The topological polar surface area (TPSA) is 46.3 Å². The molecule has 1 atom stereocenters. The first-order chi connectivity index (χ1) is 8.74. The van der Waals surface area contributed by atoms with Crippen molar-refractivity contribution in [2.75, 3.05) is 19.6 Å². The second kappa shape index (κ2) is 4.73. The molecule has 0 aromatic heterocycles. The summed E-state index contributed by atoms with van der Waals surface area (Å²) in [5.41, 5.74) is 7.28. The van der Waals surface area contributed by atoms with Crippen LogP contribution in [0.3, 0.4) is 0 Å². The minimum absolute atomic E-state index is 0.299. The van der Waals surface area contributed by atoms with Gasteiger partial charge in [-0.15, -0.1) is 0 Å². The molecule has 0 spiro atoms. The van der Waals surface area contributed by atoms with Crippen LogP contribution in [0.5, 0.6) is 0 Å². The third kappa shape index (κ3) is 2.15. The Balaban J connectivity index is 1.78. The van der Waals surface area contributed by atoms with Gasteiger partial charge in [0.1, 0.15) is 0 Å².